The van der Waals surface area contributed by atoms with Crippen molar-refractivity contribution in [2.75, 3.05) is 24.5 Å². The largest absolute Gasteiger partial charge is 0.461 e. The molecule has 0 aromatic carbocycles. The maximum atomic E-state index is 13.2. The summed E-state index contributed by atoms with van der Waals surface area (Å²) < 4.78 is 12.8. The molecule has 0 aliphatic carbocycles. The summed E-state index contributed by atoms with van der Waals surface area (Å²) in [5.41, 5.74) is 4.52. The molecule has 0 bridgehead atoms. The number of nitrogens with zero attached hydrogens (tertiary/aromatic N) is 3. The SMILES string of the molecule is Cc1nc(C)c(C(OC(C)(C)C)C(=O)OC(C)C)c(N2CCC(C)(C3=NC3)CC2)c1Br. The summed E-state index contributed by atoms with van der Waals surface area (Å²) in [4.78, 5) is 24.8. The van der Waals surface area contributed by atoms with Gasteiger partial charge in [0.1, 0.15) is 0 Å². The molecule has 7 heteroatoms. The molecular weight excluding hydrogens is 458 g/mol. The van der Waals surface area contributed by atoms with Crippen LogP contribution in [0.4, 0.5) is 5.69 Å². The first-order chi connectivity index (χ1) is 14.3. The number of piperidine rings is 1. The Morgan fingerprint density at radius 1 is 1.16 bits per heavy atom. The fourth-order valence-corrected chi connectivity index (χ4v) is 4.80. The van der Waals surface area contributed by atoms with E-state index >= 15 is 0 Å². The molecule has 6 nitrogen and oxygen atoms in total. The zero-order valence-corrected chi connectivity index (χ0v) is 21.7. The van der Waals surface area contributed by atoms with Gasteiger partial charge >= 0.3 is 5.97 Å². The summed E-state index contributed by atoms with van der Waals surface area (Å²) in [6.07, 6.45) is 1.01. The number of hydrogen-bond donors (Lipinski definition) is 0. The predicted molar refractivity (Wildman–Crippen MR) is 128 cm³/mol. The summed E-state index contributed by atoms with van der Waals surface area (Å²) in [6.45, 7) is 18.5. The lowest BCUT2D eigenvalue weighted by Gasteiger charge is -2.41. The lowest BCUT2D eigenvalue weighted by molar-refractivity contribution is -0.171. The first kappa shape index (κ1) is 24.2. The van der Waals surface area contributed by atoms with Gasteiger partial charge in [0, 0.05) is 35.5 Å². The zero-order valence-electron chi connectivity index (χ0n) is 20.1. The van der Waals surface area contributed by atoms with Crippen molar-refractivity contribution in [3.05, 3.63) is 21.4 Å². The van der Waals surface area contributed by atoms with Gasteiger partial charge in [-0.25, -0.2) is 4.79 Å². The third-order valence-electron chi connectivity index (χ3n) is 6.00. The van der Waals surface area contributed by atoms with E-state index in [0.29, 0.717) is 0 Å². The molecule has 0 N–H and O–H groups in total. The monoisotopic (exact) mass is 493 g/mol. The van der Waals surface area contributed by atoms with Crippen molar-refractivity contribution < 1.29 is 14.3 Å². The molecule has 0 amide bonds. The summed E-state index contributed by atoms with van der Waals surface area (Å²) >= 11 is 3.78. The Balaban J connectivity index is 2.04. The number of carbonyl (C=O) groups excluding carboxylic acids is 1. The highest BCUT2D eigenvalue weighted by Gasteiger charge is 2.41. The van der Waals surface area contributed by atoms with E-state index in [1.807, 2.05) is 48.5 Å². The van der Waals surface area contributed by atoms with Gasteiger partial charge in [-0.1, -0.05) is 6.92 Å². The number of esters is 1. The van der Waals surface area contributed by atoms with E-state index in [1.54, 1.807) is 0 Å². The van der Waals surface area contributed by atoms with Crippen LogP contribution in [0.15, 0.2) is 9.47 Å². The topological polar surface area (TPSA) is 64.0 Å². The van der Waals surface area contributed by atoms with Crippen LogP contribution in [0.2, 0.25) is 0 Å². The maximum absolute atomic E-state index is 13.2. The van der Waals surface area contributed by atoms with Crippen molar-refractivity contribution in [2.24, 2.45) is 10.4 Å². The molecule has 172 valence electrons. The zero-order chi connectivity index (χ0) is 23.1. The second-order valence-corrected chi connectivity index (χ2v) is 11.1. The number of pyridine rings is 1. The molecule has 2 aliphatic rings. The Hall–Kier alpha value is -1.47. The lowest BCUT2D eigenvalue weighted by Crippen LogP contribution is -2.42. The number of aromatic nitrogens is 1. The van der Waals surface area contributed by atoms with E-state index in [-0.39, 0.29) is 17.5 Å². The van der Waals surface area contributed by atoms with Crippen molar-refractivity contribution in [1.29, 1.82) is 0 Å². The first-order valence-electron chi connectivity index (χ1n) is 11.2. The van der Waals surface area contributed by atoms with Crippen LogP contribution in [0.25, 0.3) is 0 Å². The number of halogens is 1. The fourth-order valence-electron chi connectivity index (χ4n) is 4.25. The van der Waals surface area contributed by atoms with E-state index in [1.165, 1.54) is 5.71 Å². The Kier molecular flexibility index (Phi) is 6.87. The average molecular weight is 494 g/mol. The summed E-state index contributed by atoms with van der Waals surface area (Å²) in [5, 5.41) is 0. The van der Waals surface area contributed by atoms with Crippen molar-refractivity contribution in [3.63, 3.8) is 0 Å². The van der Waals surface area contributed by atoms with Crippen LogP contribution < -0.4 is 4.90 Å². The summed E-state index contributed by atoms with van der Waals surface area (Å²) in [6, 6.07) is 0. The minimum Gasteiger partial charge on any atom is -0.461 e. The Bertz CT molecular complexity index is 881. The van der Waals surface area contributed by atoms with Gasteiger partial charge < -0.3 is 14.4 Å². The van der Waals surface area contributed by atoms with Crippen LogP contribution in [-0.2, 0) is 14.3 Å². The molecule has 1 saturated heterocycles. The van der Waals surface area contributed by atoms with E-state index in [4.69, 9.17) is 14.5 Å². The van der Waals surface area contributed by atoms with Crippen molar-refractivity contribution in [2.45, 2.75) is 86.0 Å². The number of aliphatic imine (C=N–C) groups is 1. The van der Waals surface area contributed by atoms with Gasteiger partial charge in [-0.15, -0.1) is 0 Å². The number of ether oxygens (including phenoxy) is 2. The van der Waals surface area contributed by atoms with Crippen molar-refractivity contribution in [3.8, 4) is 0 Å². The molecule has 1 fully saturated rings. The Morgan fingerprint density at radius 3 is 2.23 bits per heavy atom. The number of anilines is 1. The van der Waals surface area contributed by atoms with Crippen LogP contribution in [0.3, 0.4) is 0 Å². The lowest BCUT2D eigenvalue weighted by atomic mass is 9.78. The quantitative estimate of drug-likeness (QED) is 0.501. The van der Waals surface area contributed by atoms with Crippen LogP contribution in [0.5, 0.6) is 0 Å². The molecule has 1 atom stereocenters. The molecule has 2 aliphatic heterocycles. The van der Waals surface area contributed by atoms with Gasteiger partial charge in [0.25, 0.3) is 0 Å². The van der Waals surface area contributed by atoms with E-state index in [0.717, 1.165) is 59.6 Å². The maximum Gasteiger partial charge on any atom is 0.340 e. The highest BCUT2D eigenvalue weighted by molar-refractivity contribution is 9.10. The molecule has 0 saturated carbocycles. The molecule has 0 spiro atoms. The predicted octanol–water partition coefficient (Wildman–Crippen LogP) is 5.33. The molecule has 3 heterocycles. The van der Waals surface area contributed by atoms with Crippen molar-refractivity contribution >= 4 is 33.3 Å². The highest BCUT2D eigenvalue weighted by atomic mass is 79.9. The van der Waals surface area contributed by atoms with E-state index in [2.05, 4.69) is 32.7 Å². The van der Waals surface area contributed by atoms with Crippen LogP contribution in [-0.4, -0.2) is 48.0 Å². The third kappa shape index (κ3) is 5.48. The molecule has 1 unspecified atom stereocenters. The van der Waals surface area contributed by atoms with E-state index in [9.17, 15) is 4.79 Å². The Morgan fingerprint density at radius 2 is 1.74 bits per heavy atom. The smallest absolute Gasteiger partial charge is 0.340 e. The average Bonchev–Trinajstić information content (AvgIpc) is 3.48. The molecule has 0 radical (unpaired) electrons. The van der Waals surface area contributed by atoms with Gasteiger partial charge in [-0.05, 0) is 77.2 Å². The number of carbonyl (C=O) groups is 1. The van der Waals surface area contributed by atoms with Crippen LogP contribution in [0, 0.1) is 19.3 Å². The molecule has 3 rings (SSSR count). The minimum atomic E-state index is -0.845. The Labute approximate surface area is 194 Å². The van der Waals surface area contributed by atoms with Gasteiger partial charge in [0.05, 0.1) is 34.1 Å². The van der Waals surface area contributed by atoms with Gasteiger partial charge in [-0.3, -0.25) is 9.98 Å². The van der Waals surface area contributed by atoms with Gasteiger partial charge in [-0.2, -0.15) is 0 Å². The molecular formula is C24H36BrN3O3. The molecule has 31 heavy (non-hydrogen) atoms. The van der Waals surface area contributed by atoms with Crippen molar-refractivity contribution in [1.82, 2.24) is 4.98 Å². The van der Waals surface area contributed by atoms with Gasteiger partial charge in [0.15, 0.2) is 6.10 Å². The molecule has 1 aromatic rings. The van der Waals surface area contributed by atoms with Gasteiger partial charge in [0.2, 0.25) is 0 Å². The van der Waals surface area contributed by atoms with Crippen LogP contribution in [0.1, 0.15) is 77.4 Å². The standard InChI is InChI=1S/C24H36BrN3O3/c1-14(2)30-22(29)21(31-23(5,6)7)18-15(3)27-16(4)19(25)20(18)28-11-9-24(8,10-12-28)17-13-26-17/h14,21H,9-13H2,1-8H3. The first-order valence-corrected chi connectivity index (χ1v) is 12.0. The van der Waals surface area contributed by atoms with E-state index < -0.39 is 11.7 Å². The second-order valence-electron chi connectivity index (χ2n) is 10.3. The highest BCUT2D eigenvalue weighted by Crippen LogP contribution is 2.44. The minimum absolute atomic E-state index is 0.193. The number of hydrogen-bond acceptors (Lipinski definition) is 6. The fraction of sp³-hybridized carbons (Fsp3) is 0.708. The summed E-state index contributed by atoms with van der Waals surface area (Å²) in [7, 11) is 0. The normalized spacial score (nSPS) is 19.3. The number of aryl methyl sites for hydroxylation is 2. The van der Waals surface area contributed by atoms with Crippen LogP contribution >= 0.6 is 15.9 Å². The second kappa shape index (κ2) is 8.81. The number of rotatable bonds is 6. The summed E-state index contributed by atoms with van der Waals surface area (Å²) in [5.74, 6) is -0.374. The third-order valence-corrected chi connectivity index (χ3v) is 6.95. The molecule has 1 aromatic heterocycles.